The van der Waals surface area contributed by atoms with E-state index in [4.69, 9.17) is 21.1 Å². The van der Waals surface area contributed by atoms with Gasteiger partial charge in [0.25, 0.3) is 0 Å². The highest BCUT2D eigenvalue weighted by Gasteiger charge is 2.30. The van der Waals surface area contributed by atoms with Gasteiger partial charge in [0.1, 0.15) is 12.2 Å². The fourth-order valence-electron chi connectivity index (χ4n) is 2.26. The highest BCUT2D eigenvalue weighted by Crippen LogP contribution is 2.38. The maximum absolute atomic E-state index is 11.3. The van der Waals surface area contributed by atoms with Crippen LogP contribution in [-0.4, -0.2) is 11.9 Å². The number of hydrogen-bond acceptors (Lipinski definition) is 4. The number of carbonyl (C=O) groups excluding carboxylic acids is 2. The molecule has 122 valence electrons. The first-order chi connectivity index (χ1) is 10.0. The smallest absolute Gasteiger partial charge is 0.303 e. The van der Waals surface area contributed by atoms with Crippen LogP contribution >= 0.6 is 11.6 Å². The van der Waals surface area contributed by atoms with E-state index in [1.165, 1.54) is 13.8 Å². The number of carbonyl (C=O) groups is 2. The van der Waals surface area contributed by atoms with Gasteiger partial charge in [0.2, 0.25) is 0 Å². The van der Waals surface area contributed by atoms with Crippen LogP contribution in [-0.2, 0) is 19.1 Å². The summed E-state index contributed by atoms with van der Waals surface area (Å²) in [5.41, 5.74) is 1.26. The Bertz CT molecular complexity index is 560. The molecule has 2 atom stereocenters. The second-order valence-corrected chi connectivity index (χ2v) is 6.80. The molecule has 1 rings (SSSR count). The van der Waals surface area contributed by atoms with Crippen molar-refractivity contribution in [3.05, 3.63) is 34.3 Å². The number of benzene rings is 1. The molecule has 0 aromatic heterocycles. The average molecular weight is 327 g/mol. The molecule has 0 spiro atoms. The second kappa shape index (κ2) is 7.14. The fraction of sp³-hybridized carbons (Fsp3) is 0.529. The normalized spacial score (nSPS) is 14.1. The minimum absolute atomic E-state index is 0.266. The standard InChI is InChI=1S/C17H23ClO4/c1-10(21-11(2)19)14-8-7-13(9-15(14)18)16(17(4,5)6)22-12(3)20/h7-10,16H,1-6H3. The number of rotatable bonds is 4. The highest BCUT2D eigenvalue weighted by atomic mass is 35.5. The van der Waals surface area contributed by atoms with E-state index in [9.17, 15) is 9.59 Å². The van der Waals surface area contributed by atoms with Crippen LogP contribution in [0.3, 0.4) is 0 Å². The third-order valence-electron chi connectivity index (χ3n) is 3.18. The summed E-state index contributed by atoms with van der Waals surface area (Å²) < 4.78 is 10.6. The van der Waals surface area contributed by atoms with E-state index in [1.807, 2.05) is 26.8 Å². The molecule has 1 aromatic rings. The number of ether oxygens (including phenoxy) is 2. The molecule has 0 saturated heterocycles. The predicted octanol–water partition coefficient (Wildman–Crippen LogP) is 4.61. The van der Waals surface area contributed by atoms with E-state index in [1.54, 1.807) is 19.1 Å². The van der Waals surface area contributed by atoms with E-state index in [-0.39, 0.29) is 17.4 Å². The Morgan fingerprint density at radius 2 is 1.64 bits per heavy atom. The Morgan fingerprint density at radius 1 is 1.09 bits per heavy atom. The van der Waals surface area contributed by atoms with E-state index >= 15 is 0 Å². The molecule has 1 aromatic carbocycles. The van der Waals surface area contributed by atoms with Crippen molar-refractivity contribution in [1.29, 1.82) is 0 Å². The Hall–Kier alpha value is -1.55. The van der Waals surface area contributed by atoms with Gasteiger partial charge in [0.15, 0.2) is 0 Å². The van der Waals surface area contributed by atoms with Crippen LogP contribution in [0.5, 0.6) is 0 Å². The van der Waals surface area contributed by atoms with Crippen LogP contribution in [0.2, 0.25) is 5.02 Å². The molecular weight excluding hydrogens is 304 g/mol. The Balaban J connectivity index is 3.13. The van der Waals surface area contributed by atoms with Crippen molar-refractivity contribution in [1.82, 2.24) is 0 Å². The van der Waals surface area contributed by atoms with E-state index < -0.39 is 12.2 Å². The van der Waals surface area contributed by atoms with Gasteiger partial charge in [-0.3, -0.25) is 9.59 Å². The zero-order chi connectivity index (χ0) is 17.1. The Morgan fingerprint density at radius 3 is 2.05 bits per heavy atom. The maximum atomic E-state index is 11.3. The third-order valence-corrected chi connectivity index (χ3v) is 3.51. The summed E-state index contributed by atoms with van der Waals surface area (Å²) in [6.45, 7) is 10.5. The molecular formula is C17H23ClO4. The lowest BCUT2D eigenvalue weighted by molar-refractivity contribution is -0.152. The first-order valence-corrected chi connectivity index (χ1v) is 7.54. The van der Waals surface area contributed by atoms with Gasteiger partial charge in [0.05, 0.1) is 0 Å². The van der Waals surface area contributed by atoms with Crippen molar-refractivity contribution in [2.45, 2.75) is 53.8 Å². The minimum atomic E-state index is -0.430. The summed E-state index contributed by atoms with van der Waals surface area (Å²) >= 11 is 6.31. The van der Waals surface area contributed by atoms with Crippen molar-refractivity contribution in [3.8, 4) is 0 Å². The van der Waals surface area contributed by atoms with Crippen LogP contribution in [0.25, 0.3) is 0 Å². The van der Waals surface area contributed by atoms with Gasteiger partial charge in [0, 0.05) is 29.8 Å². The quantitative estimate of drug-likeness (QED) is 0.758. The minimum Gasteiger partial charge on any atom is -0.458 e. The molecule has 0 aliphatic heterocycles. The van der Waals surface area contributed by atoms with Crippen LogP contribution < -0.4 is 0 Å². The lowest BCUT2D eigenvalue weighted by Gasteiger charge is -2.30. The number of halogens is 1. The number of hydrogen-bond donors (Lipinski definition) is 0. The SMILES string of the molecule is CC(=O)OC(C)c1ccc(C(OC(C)=O)C(C)(C)C)cc1Cl. The first-order valence-electron chi connectivity index (χ1n) is 7.16. The van der Waals surface area contributed by atoms with E-state index in [0.29, 0.717) is 5.02 Å². The molecule has 0 radical (unpaired) electrons. The molecule has 0 amide bonds. The van der Waals surface area contributed by atoms with Crippen LogP contribution in [0.1, 0.15) is 64.9 Å². The van der Waals surface area contributed by atoms with Crippen LogP contribution in [0.4, 0.5) is 0 Å². The summed E-state index contributed by atoms with van der Waals surface area (Å²) in [6.07, 6.45) is -0.832. The van der Waals surface area contributed by atoms with Gasteiger partial charge < -0.3 is 9.47 Å². The van der Waals surface area contributed by atoms with Crippen molar-refractivity contribution >= 4 is 23.5 Å². The van der Waals surface area contributed by atoms with Gasteiger partial charge in [-0.2, -0.15) is 0 Å². The lowest BCUT2D eigenvalue weighted by Crippen LogP contribution is -2.23. The summed E-state index contributed by atoms with van der Waals surface area (Å²) in [4.78, 5) is 22.4. The lowest BCUT2D eigenvalue weighted by atomic mass is 9.84. The molecule has 4 nitrogen and oxygen atoms in total. The summed E-state index contributed by atoms with van der Waals surface area (Å²) in [6, 6.07) is 5.41. The monoisotopic (exact) mass is 326 g/mol. The molecule has 22 heavy (non-hydrogen) atoms. The topological polar surface area (TPSA) is 52.6 Å². The molecule has 0 fully saturated rings. The molecule has 0 aliphatic carbocycles. The Kier molecular flexibility index (Phi) is 6.00. The molecule has 0 bridgehead atoms. The molecule has 0 heterocycles. The van der Waals surface area contributed by atoms with Crippen LogP contribution in [0, 0.1) is 5.41 Å². The molecule has 2 unspecified atom stereocenters. The summed E-state index contributed by atoms with van der Waals surface area (Å²) in [5.74, 6) is -0.700. The Labute approximate surface area is 136 Å². The third kappa shape index (κ3) is 5.02. The predicted molar refractivity (Wildman–Crippen MR) is 85.6 cm³/mol. The van der Waals surface area contributed by atoms with Crippen molar-refractivity contribution in [3.63, 3.8) is 0 Å². The number of esters is 2. The molecule has 0 N–H and O–H groups in total. The largest absolute Gasteiger partial charge is 0.458 e. The second-order valence-electron chi connectivity index (χ2n) is 6.39. The summed E-state index contributed by atoms with van der Waals surface area (Å²) in [7, 11) is 0. The molecule has 5 heteroatoms. The van der Waals surface area contributed by atoms with Gasteiger partial charge in [-0.15, -0.1) is 0 Å². The average Bonchev–Trinajstić information content (AvgIpc) is 2.33. The zero-order valence-corrected chi connectivity index (χ0v) is 14.7. The fourth-order valence-corrected chi connectivity index (χ4v) is 2.60. The summed E-state index contributed by atoms with van der Waals surface area (Å²) in [5, 5.41) is 0.479. The van der Waals surface area contributed by atoms with E-state index in [2.05, 4.69) is 0 Å². The first kappa shape index (κ1) is 18.5. The van der Waals surface area contributed by atoms with Gasteiger partial charge in [-0.25, -0.2) is 0 Å². The maximum Gasteiger partial charge on any atom is 0.303 e. The van der Waals surface area contributed by atoms with Crippen LogP contribution in [0.15, 0.2) is 18.2 Å². The zero-order valence-electron chi connectivity index (χ0n) is 13.9. The van der Waals surface area contributed by atoms with Gasteiger partial charge in [-0.1, -0.05) is 44.5 Å². The van der Waals surface area contributed by atoms with E-state index in [0.717, 1.165) is 11.1 Å². The highest BCUT2D eigenvalue weighted by molar-refractivity contribution is 6.31. The van der Waals surface area contributed by atoms with Gasteiger partial charge in [-0.05, 0) is 18.6 Å². The van der Waals surface area contributed by atoms with Crippen molar-refractivity contribution in [2.24, 2.45) is 5.41 Å². The van der Waals surface area contributed by atoms with Crippen molar-refractivity contribution in [2.75, 3.05) is 0 Å². The molecule has 0 aliphatic rings. The van der Waals surface area contributed by atoms with Crippen molar-refractivity contribution < 1.29 is 19.1 Å². The molecule has 0 saturated carbocycles. The van der Waals surface area contributed by atoms with Gasteiger partial charge >= 0.3 is 11.9 Å².